The Bertz CT molecular complexity index is 2180. The summed E-state index contributed by atoms with van der Waals surface area (Å²) in [6, 6.07) is 3.66. The van der Waals surface area contributed by atoms with E-state index in [-0.39, 0.29) is 90.3 Å². The summed E-state index contributed by atoms with van der Waals surface area (Å²) in [5.41, 5.74) is 6.03. The highest BCUT2D eigenvalue weighted by atomic mass is 32.1. The van der Waals surface area contributed by atoms with Gasteiger partial charge in [-0.15, -0.1) is 11.3 Å². The maximum Gasteiger partial charge on any atom is 0.415 e. The van der Waals surface area contributed by atoms with Crippen LogP contribution in [0.25, 0.3) is 32.1 Å². The van der Waals surface area contributed by atoms with Crippen molar-refractivity contribution >= 4 is 43.1 Å². The third-order valence-electron chi connectivity index (χ3n) is 11.6. The van der Waals surface area contributed by atoms with Crippen molar-refractivity contribution in [3.63, 3.8) is 0 Å². The largest absolute Gasteiger partial charge is 0.461 e. The molecule has 3 N–H and O–H groups in total. The number of rotatable bonds is 8. The SMILES string of the molecule is CCC1CN(C[C@H](O)C(F)(F)F)CC(C)N1c1nc(OC[C@@]23CCCN2C[C@H](F)C3)nc2c(F)c(-c3c(F)ccc4sc(N)c(C#N)c34)c3c(c12)COC3. The minimum Gasteiger partial charge on any atom is -0.461 e. The molecule has 2 aromatic heterocycles. The first-order chi connectivity index (χ1) is 25.7. The van der Waals surface area contributed by atoms with Gasteiger partial charge in [-0.05, 0) is 56.0 Å². The van der Waals surface area contributed by atoms with Crippen LogP contribution in [-0.4, -0.2) is 100 Å². The van der Waals surface area contributed by atoms with Crippen LogP contribution >= 0.6 is 11.3 Å². The summed E-state index contributed by atoms with van der Waals surface area (Å²) in [5.74, 6) is -1.38. The van der Waals surface area contributed by atoms with Crippen LogP contribution in [0.1, 0.15) is 56.2 Å². The number of nitrogens with zero attached hydrogens (tertiary/aromatic N) is 6. The number of aliphatic hydroxyl groups excluding tert-OH is 1. The van der Waals surface area contributed by atoms with Crippen LogP contribution in [-0.2, 0) is 18.0 Å². The zero-order chi connectivity index (χ0) is 38.3. The molecule has 6 heterocycles. The van der Waals surface area contributed by atoms with Crippen LogP contribution in [0.3, 0.4) is 0 Å². The minimum absolute atomic E-state index is 0.00300. The summed E-state index contributed by atoms with van der Waals surface area (Å²) in [4.78, 5) is 15.1. The van der Waals surface area contributed by atoms with Gasteiger partial charge in [0.25, 0.3) is 0 Å². The number of aliphatic hydroxyl groups is 1. The Morgan fingerprint density at radius 2 is 1.93 bits per heavy atom. The van der Waals surface area contributed by atoms with Gasteiger partial charge in [-0.2, -0.15) is 28.4 Å². The van der Waals surface area contributed by atoms with Gasteiger partial charge in [0.1, 0.15) is 41.0 Å². The summed E-state index contributed by atoms with van der Waals surface area (Å²) in [6.45, 7) is 4.34. The molecular weight excluding hydrogens is 737 g/mol. The van der Waals surface area contributed by atoms with E-state index in [9.17, 15) is 27.9 Å². The molecule has 54 heavy (non-hydrogen) atoms. The fourth-order valence-corrected chi connectivity index (χ4v) is 10.1. The maximum atomic E-state index is 17.6. The molecule has 0 radical (unpaired) electrons. The first-order valence-corrected chi connectivity index (χ1v) is 18.9. The van der Waals surface area contributed by atoms with Gasteiger partial charge < -0.3 is 25.2 Å². The molecule has 0 spiro atoms. The number of hydrogen-bond acceptors (Lipinski definition) is 11. The molecule has 3 saturated heterocycles. The second kappa shape index (κ2) is 13.7. The van der Waals surface area contributed by atoms with E-state index in [0.717, 1.165) is 24.3 Å². The first kappa shape index (κ1) is 37.0. The molecule has 17 heteroatoms. The first-order valence-electron chi connectivity index (χ1n) is 18.1. The average molecular weight is 776 g/mol. The highest BCUT2D eigenvalue weighted by molar-refractivity contribution is 7.23. The van der Waals surface area contributed by atoms with Gasteiger partial charge in [-0.1, -0.05) is 6.92 Å². The molecular formula is C37H39F6N7O3S. The Hall–Kier alpha value is -3.95. The summed E-state index contributed by atoms with van der Waals surface area (Å²) >= 11 is 1.09. The number of anilines is 2. The lowest BCUT2D eigenvalue weighted by molar-refractivity contribution is -0.208. The zero-order valence-corrected chi connectivity index (χ0v) is 30.5. The van der Waals surface area contributed by atoms with E-state index in [4.69, 9.17) is 20.2 Å². The standard InChI is InChI=1S/C37H39F6N7O3S/c1-3-20-13-48(14-26(51)37(41,42)43)11-18(2)50(20)34-29-23-16-52-15-22(23)28(30-24(39)5-6-25-27(30)21(10-44)33(45)54-25)31(40)32(29)46-35(47-34)53-17-36-7-4-8-49(36)12-19(38)9-36/h5-6,18-20,26,51H,3-4,7-9,11-17,45H2,1-2H3/t18?,19-,20?,26+,36+/m1/s1. The van der Waals surface area contributed by atoms with Crippen molar-refractivity contribution in [3.05, 3.63) is 40.5 Å². The molecule has 0 saturated carbocycles. The number of fused-ring (bicyclic) bond motifs is 5. The smallest absolute Gasteiger partial charge is 0.415 e. The van der Waals surface area contributed by atoms with E-state index in [0.29, 0.717) is 34.1 Å². The van der Waals surface area contributed by atoms with E-state index in [1.54, 1.807) is 4.90 Å². The lowest BCUT2D eigenvalue weighted by atomic mass is 9.89. The molecule has 3 fully saturated rings. The van der Waals surface area contributed by atoms with Crippen molar-refractivity contribution in [2.75, 3.05) is 50.0 Å². The Labute approximate surface area is 311 Å². The van der Waals surface area contributed by atoms with Crippen molar-refractivity contribution in [3.8, 4) is 23.2 Å². The number of nitriles is 1. The van der Waals surface area contributed by atoms with Crippen molar-refractivity contribution in [1.82, 2.24) is 19.8 Å². The number of alkyl halides is 4. The van der Waals surface area contributed by atoms with Crippen molar-refractivity contribution in [1.29, 1.82) is 5.26 Å². The second-order valence-electron chi connectivity index (χ2n) is 14.9. The number of thiophene rings is 1. The minimum atomic E-state index is -4.78. The number of hydrogen-bond donors (Lipinski definition) is 2. The van der Waals surface area contributed by atoms with E-state index in [2.05, 4.69) is 9.88 Å². The lowest BCUT2D eigenvalue weighted by Gasteiger charge is -2.47. The monoisotopic (exact) mass is 775 g/mol. The molecule has 10 nitrogen and oxygen atoms in total. The highest BCUT2D eigenvalue weighted by Gasteiger charge is 2.50. The van der Waals surface area contributed by atoms with Crippen molar-refractivity contribution in [2.45, 2.75) is 88.8 Å². The van der Waals surface area contributed by atoms with E-state index >= 15 is 8.78 Å². The molecule has 4 aliphatic rings. The van der Waals surface area contributed by atoms with Crippen LogP contribution in [0.5, 0.6) is 6.01 Å². The number of benzene rings is 2. The van der Waals surface area contributed by atoms with Gasteiger partial charge in [0.2, 0.25) is 0 Å². The molecule has 288 valence electrons. The summed E-state index contributed by atoms with van der Waals surface area (Å²) in [5, 5.41) is 20.6. The molecule has 0 bridgehead atoms. The predicted molar refractivity (Wildman–Crippen MR) is 191 cm³/mol. The number of β-amino-alcohol motifs (C(OH)–C–C–N with tert-alkyl or cyclic N) is 1. The average Bonchev–Trinajstić information content (AvgIpc) is 3.89. The zero-order valence-electron chi connectivity index (χ0n) is 29.6. The second-order valence-corrected chi connectivity index (χ2v) is 16.0. The molecule has 4 aliphatic heterocycles. The summed E-state index contributed by atoms with van der Waals surface area (Å²) < 4.78 is 101. The Morgan fingerprint density at radius 3 is 2.67 bits per heavy atom. The summed E-state index contributed by atoms with van der Waals surface area (Å²) in [6.07, 6.45) is -6.04. The molecule has 4 aromatic rings. The Balaban J connectivity index is 1.32. The van der Waals surface area contributed by atoms with Crippen LogP contribution < -0.4 is 15.4 Å². The van der Waals surface area contributed by atoms with Crippen LogP contribution in [0, 0.1) is 23.0 Å². The molecule has 2 unspecified atom stereocenters. The number of aromatic nitrogens is 2. The van der Waals surface area contributed by atoms with Gasteiger partial charge in [0.15, 0.2) is 11.9 Å². The topological polar surface area (TPSA) is 124 Å². The lowest BCUT2D eigenvalue weighted by Crippen LogP contribution is -2.60. The van der Waals surface area contributed by atoms with Gasteiger partial charge >= 0.3 is 12.2 Å². The normalized spacial score (nSPS) is 25.4. The molecule has 0 amide bonds. The van der Waals surface area contributed by atoms with Gasteiger partial charge in [0.05, 0.1) is 29.7 Å². The third-order valence-corrected chi connectivity index (χ3v) is 12.6. The van der Waals surface area contributed by atoms with Crippen LogP contribution in [0.2, 0.25) is 0 Å². The number of ether oxygens (including phenoxy) is 2. The van der Waals surface area contributed by atoms with Gasteiger partial charge in [0, 0.05) is 65.9 Å². The van der Waals surface area contributed by atoms with Crippen molar-refractivity contribution in [2.24, 2.45) is 0 Å². The molecule has 5 atom stereocenters. The van der Waals surface area contributed by atoms with Crippen LogP contribution in [0.4, 0.5) is 37.2 Å². The number of nitrogens with two attached hydrogens (primary N) is 1. The Kier molecular flexibility index (Phi) is 9.36. The number of nitrogen functional groups attached to an aromatic ring is 1. The Morgan fingerprint density at radius 1 is 1.15 bits per heavy atom. The third kappa shape index (κ3) is 6.01. The van der Waals surface area contributed by atoms with E-state index in [1.807, 2.05) is 24.8 Å². The molecule has 2 aromatic carbocycles. The summed E-state index contributed by atoms with van der Waals surface area (Å²) in [7, 11) is 0. The van der Waals surface area contributed by atoms with E-state index < -0.39 is 54.3 Å². The van der Waals surface area contributed by atoms with Crippen LogP contribution in [0.15, 0.2) is 12.1 Å². The quantitative estimate of drug-likeness (QED) is 0.193. The predicted octanol–water partition coefficient (Wildman–Crippen LogP) is 6.44. The van der Waals surface area contributed by atoms with Gasteiger partial charge in [-0.3, -0.25) is 9.80 Å². The number of piperazine rings is 1. The van der Waals surface area contributed by atoms with Crippen molar-refractivity contribution < 1.29 is 40.9 Å². The molecule has 8 rings (SSSR count). The van der Waals surface area contributed by atoms with Gasteiger partial charge in [-0.25, -0.2) is 13.2 Å². The van der Waals surface area contributed by atoms with E-state index in [1.165, 1.54) is 12.1 Å². The highest BCUT2D eigenvalue weighted by Crippen LogP contribution is 2.49. The number of halogens is 6. The molecule has 0 aliphatic carbocycles. The maximum absolute atomic E-state index is 17.6. The fraction of sp³-hybridized carbons (Fsp3) is 0.541. The fourth-order valence-electron chi connectivity index (χ4n) is 9.18.